The molecule has 156 valence electrons. The molecule has 2 aromatic carbocycles. The van der Waals surface area contributed by atoms with Gasteiger partial charge in [0.1, 0.15) is 0 Å². The second kappa shape index (κ2) is 10.4. The van der Waals surface area contributed by atoms with Gasteiger partial charge < -0.3 is 10.6 Å². The lowest BCUT2D eigenvalue weighted by atomic mass is 9.85. The molecule has 2 N–H and O–H groups in total. The first kappa shape index (κ1) is 22.0. The quantitative estimate of drug-likeness (QED) is 0.710. The largest absolute Gasteiger partial charge is 0.325 e. The van der Waals surface area contributed by atoms with Gasteiger partial charge in [-0.05, 0) is 48.4 Å². The molecule has 2 fully saturated rings. The number of fused-ring (bicyclic) bond motifs is 1. The van der Waals surface area contributed by atoms with Crippen molar-refractivity contribution in [3.05, 3.63) is 65.7 Å². The molecule has 0 bridgehead atoms. The average Bonchev–Trinajstić information content (AvgIpc) is 3.13. The molecule has 0 radical (unpaired) electrons. The number of anilines is 1. The minimum atomic E-state index is -0.975. The molecule has 1 aliphatic carbocycles. The predicted octanol–water partition coefficient (Wildman–Crippen LogP) is 4.42. The van der Waals surface area contributed by atoms with E-state index in [4.69, 9.17) is 0 Å². The van der Waals surface area contributed by atoms with Crippen LogP contribution in [0.5, 0.6) is 0 Å². The third-order valence-corrected chi connectivity index (χ3v) is 7.18. The van der Waals surface area contributed by atoms with Crippen molar-refractivity contribution in [2.24, 2.45) is 5.92 Å². The summed E-state index contributed by atoms with van der Waals surface area (Å²) < 4.78 is 12.5. The zero-order chi connectivity index (χ0) is 19.3. The summed E-state index contributed by atoms with van der Waals surface area (Å²) in [5.74, 6) is 1.74. The van der Waals surface area contributed by atoms with E-state index in [0.29, 0.717) is 23.5 Å². The van der Waals surface area contributed by atoms with Gasteiger partial charge in [0, 0.05) is 34.0 Å². The third-order valence-electron chi connectivity index (χ3n) is 5.87. The Kier molecular flexibility index (Phi) is 7.87. The van der Waals surface area contributed by atoms with Crippen LogP contribution in [0.15, 0.2) is 54.6 Å². The zero-order valence-corrected chi connectivity index (χ0v) is 18.1. The number of carbonyl (C=O) groups excluding carboxylic acids is 1. The van der Waals surface area contributed by atoms with Crippen molar-refractivity contribution in [3.8, 4) is 0 Å². The first-order valence-corrected chi connectivity index (χ1v) is 11.7. The molecule has 6 heteroatoms. The summed E-state index contributed by atoms with van der Waals surface area (Å²) in [6.07, 6.45) is 5.93. The summed E-state index contributed by atoms with van der Waals surface area (Å²) in [7, 11) is -0.975. The van der Waals surface area contributed by atoms with Crippen LogP contribution in [0.3, 0.4) is 0 Å². The highest BCUT2D eigenvalue weighted by atomic mass is 35.5. The highest BCUT2D eigenvalue weighted by molar-refractivity contribution is 7.83. The molecule has 4 nitrogen and oxygen atoms in total. The molecule has 1 heterocycles. The highest BCUT2D eigenvalue weighted by Gasteiger charge is 2.38. The van der Waals surface area contributed by atoms with Crippen molar-refractivity contribution >= 4 is 34.8 Å². The molecule has 2 aliphatic rings. The lowest BCUT2D eigenvalue weighted by Crippen LogP contribution is -2.39. The van der Waals surface area contributed by atoms with Gasteiger partial charge in [0.2, 0.25) is 5.91 Å². The summed E-state index contributed by atoms with van der Waals surface area (Å²) in [5.41, 5.74) is 2.86. The van der Waals surface area contributed by atoms with E-state index in [-0.39, 0.29) is 24.4 Å². The summed E-state index contributed by atoms with van der Waals surface area (Å²) >= 11 is 0. The maximum Gasteiger partial charge on any atom is 0.241 e. The lowest BCUT2D eigenvalue weighted by Gasteiger charge is -2.24. The fraction of sp³-hybridized carbons (Fsp3) is 0.435. The first-order chi connectivity index (χ1) is 13.7. The molecule has 4 unspecified atom stereocenters. The van der Waals surface area contributed by atoms with Crippen LogP contribution >= 0.6 is 12.4 Å². The van der Waals surface area contributed by atoms with Gasteiger partial charge >= 0.3 is 0 Å². The Morgan fingerprint density at radius 2 is 1.72 bits per heavy atom. The monoisotopic (exact) mass is 432 g/mol. The molecule has 2 aromatic rings. The average molecular weight is 433 g/mol. The fourth-order valence-electron chi connectivity index (χ4n) is 4.49. The summed E-state index contributed by atoms with van der Waals surface area (Å²) in [6, 6.07) is 18.1. The van der Waals surface area contributed by atoms with Crippen molar-refractivity contribution in [2.75, 3.05) is 5.32 Å². The number of benzene rings is 2. The van der Waals surface area contributed by atoms with E-state index in [1.165, 1.54) is 25.7 Å². The van der Waals surface area contributed by atoms with Crippen molar-refractivity contribution in [3.63, 3.8) is 0 Å². The van der Waals surface area contributed by atoms with Gasteiger partial charge in [-0.15, -0.1) is 12.4 Å². The second-order valence-corrected chi connectivity index (χ2v) is 9.47. The van der Waals surface area contributed by atoms with Gasteiger partial charge in [0.05, 0.1) is 6.04 Å². The van der Waals surface area contributed by atoms with Crippen LogP contribution in [0.1, 0.15) is 43.2 Å². The van der Waals surface area contributed by atoms with Gasteiger partial charge in [-0.2, -0.15) is 0 Å². The van der Waals surface area contributed by atoms with Gasteiger partial charge in [-0.25, -0.2) is 0 Å². The van der Waals surface area contributed by atoms with Crippen LogP contribution in [0.4, 0.5) is 5.69 Å². The van der Waals surface area contributed by atoms with Crippen LogP contribution in [-0.2, 0) is 27.1 Å². The lowest BCUT2D eigenvalue weighted by molar-refractivity contribution is -0.117. The Bertz CT molecular complexity index is 832. The highest BCUT2D eigenvalue weighted by Crippen LogP contribution is 2.33. The fourth-order valence-corrected chi connectivity index (χ4v) is 5.70. The van der Waals surface area contributed by atoms with Crippen molar-refractivity contribution in [2.45, 2.75) is 55.7 Å². The molecule has 0 spiro atoms. The molecule has 4 rings (SSSR count). The minimum Gasteiger partial charge on any atom is -0.325 e. The number of amides is 1. The van der Waals surface area contributed by atoms with E-state index < -0.39 is 10.8 Å². The number of hydrogen-bond acceptors (Lipinski definition) is 3. The normalized spacial score (nSPS) is 24.2. The maximum absolute atomic E-state index is 12.7. The van der Waals surface area contributed by atoms with Crippen molar-refractivity contribution < 1.29 is 9.00 Å². The number of hydrogen-bond donors (Lipinski definition) is 2. The third kappa shape index (κ3) is 5.91. The van der Waals surface area contributed by atoms with Crippen LogP contribution < -0.4 is 10.6 Å². The van der Waals surface area contributed by atoms with Crippen LogP contribution in [0.2, 0.25) is 0 Å². The molecule has 0 aromatic heterocycles. The zero-order valence-electron chi connectivity index (χ0n) is 16.5. The van der Waals surface area contributed by atoms with E-state index >= 15 is 0 Å². The standard InChI is InChI=1S/C23H28N2O2S.ClH/c26-23(22-14-19-10-4-5-12-21(19)25-22)24-20-11-6-9-18(13-20)16-28(27)15-17-7-2-1-3-8-17;/h1-3,6-9,11,13,19,21-22,25H,4-5,10,12,14-16H2,(H,24,26);1H. The first-order valence-electron chi connectivity index (χ1n) is 10.2. The molecule has 29 heavy (non-hydrogen) atoms. The van der Waals surface area contributed by atoms with E-state index in [1.807, 2.05) is 54.6 Å². The van der Waals surface area contributed by atoms with Gasteiger partial charge in [0.25, 0.3) is 0 Å². The van der Waals surface area contributed by atoms with Crippen LogP contribution in [0, 0.1) is 5.92 Å². The summed E-state index contributed by atoms with van der Waals surface area (Å²) in [4.78, 5) is 12.7. The van der Waals surface area contributed by atoms with Crippen LogP contribution in [0.25, 0.3) is 0 Å². The second-order valence-electron chi connectivity index (χ2n) is 8.01. The van der Waals surface area contributed by atoms with Gasteiger partial charge in [0.15, 0.2) is 0 Å². The van der Waals surface area contributed by atoms with Crippen molar-refractivity contribution in [1.82, 2.24) is 5.32 Å². The molecular weight excluding hydrogens is 404 g/mol. The topological polar surface area (TPSA) is 58.2 Å². The summed E-state index contributed by atoms with van der Waals surface area (Å²) in [5, 5.41) is 6.58. The smallest absolute Gasteiger partial charge is 0.241 e. The number of halogens is 1. The SMILES string of the molecule is Cl.O=C(Nc1cccc(CS(=O)Cc2ccccc2)c1)C1CC2CCCCC2N1. The number of nitrogens with one attached hydrogen (secondary N) is 2. The van der Waals surface area contributed by atoms with E-state index in [1.54, 1.807) is 0 Å². The Balaban J connectivity index is 0.00000240. The predicted molar refractivity (Wildman–Crippen MR) is 122 cm³/mol. The Labute approximate surface area is 181 Å². The van der Waals surface area contributed by atoms with Crippen molar-refractivity contribution in [1.29, 1.82) is 0 Å². The number of carbonyl (C=O) groups is 1. The Morgan fingerprint density at radius 1 is 1.00 bits per heavy atom. The van der Waals surface area contributed by atoms with E-state index in [0.717, 1.165) is 23.2 Å². The van der Waals surface area contributed by atoms with E-state index in [9.17, 15) is 9.00 Å². The Morgan fingerprint density at radius 3 is 2.52 bits per heavy atom. The summed E-state index contributed by atoms with van der Waals surface area (Å²) in [6.45, 7) is 0. The molecule has 4 atom stereocenters. The van der Waals surface area contributed by atoms with Gasteiger partial charge in [-0.1, -0.05) is 55.3 Å². The van der Waals surface area contributed by atoms with Gasteiger partial charge in [-0.3, -0.25) is 9.00 Å². The maximum atomic E-state index is 12.7. The Hall–Kier alpha value is -1.69. The molecule has 1 aliphatic heterocycles. The molecular formula is C23H29ClN2O2S. The van der Waals surface area contributed by atoms with Crippen LogP contribution in [-0.4, -0.2) is 22.2 Å². The molecule has 1 amide bonds. The number of rotatable bonds is 6. The molecule has 1 saturated heterocycles. The minimum absolute atomic E-state index is 0. The van der Waals surface area contributed by atoms with E-state index in [2.05, 4.69) is 10.6 Å². The molecule has 1 saturated carbocycles.